The summed E-state index contributed by atoms with van der Waals surface area (Å²) >= 11 is 0. The molecule has 1 aliphatic rings. The van der Waals surface area contributed by atoms with Crippen molar-refractivity contribution in [2.75, 3.05) is 53.0 Å². The summed E-state index contributed by atoms with van der Waals surface area (Å²) in [6.07, 6.45) is 3.63. The van der Waals surface area contributed by atoms with Crippen LogP contribution in [0.25, 0.3) is 0 Å². The predicted molar refractivity (Wildman–Crippen MR) is 84.5 cm³/mol. The highest BCUT2D eigenvalue weighted by Gasteiger charge is 2.28. The summed E-state index contributed by atoms with van der Waals surface area (Å²) in [5.74, 6) is 0.125. The summed E-state index contributed by atoms with van der Waals surface area (Å²) in [7, 11) is 3.67. The molecule has 1 aromatic rings. The van der Waals surface area contributed by atoms with E-state index in [-0.39, 0.29) is 11.9 Å². The van der Waals surface area contributed by atoms with Crippen LogP contribution in [0.3, 0.4) is 0 Å². The summed E-state index contributed by atoms with van der Waals surface area (Å²) in [6, 6.07) is -0.316. The molecule has 1 aliphatic heterocycles. The van der Waals surface area contributed by atoms with Crippen LogP contribution < -0.4 is 5.32 Å². The van der Waals surface area contributed by atoms with Gasteiger partial charge in [-0.05, 0) is 14.0 Å². The molecule has 1 atom stereocenters. The Hall–Kier alpha value is -1.44. The summed E-state index contributed by atoms with van der Waals surface area (Å²) in [6.45, 7) is 7.81. The number of likely N-dealkylation sites (N-methyl/N-ethyl adjacent to an activating group) is 1. The molecule has 0 radical (unpaired) electrons. The van der Waals surface area contributed by atoms with E-state index in [4.69, 9.17) is 4.74 Å². The lowest BCUT2D eigenvalue weighted by Gasteiger charge is -2.36. The minimum absolute atomic E-state index is 0.125. The Kier molecular flexibility index (Phi) is 6.35. The number of nitrogens with one attached hydrogen (secondary N) is 1. The summed E-state index contributed by atoms with van der Waals surface area (Å²) in [5, 5.41) is 7.25. The normalized spacial score (nSPS) is 17.7. The molecule has 7 nitrogen and oxygen atoms in total. The number of amides is 1. The molecule has 2 rings (SSSR count). The molecule has 1 amide bonds. The Balaban J connectivity index is 1.85. The molecule has 124 valence electrons. The van der Waals surface area contributed by atoms with Crippen LogP contribution in [0, 0.1) is 0 Å². The monoisotopic (exact) mass is 309 g/mol. The van der Waals surface area contributed by atoms with Gasteiger partial charge < -0.3 is 15.0 Å². The van der Waals surface area contributed by atoms with Crippen molar-refractivity contribution in [2.24, 2.45) is 7.05 Å². The Bertz CT molecular complexity index is 468. The summed E-state index contributed by atoms with van der Waals surface area (Å²) < 4.78 is 7.11. The van der Waals surface area contributed by atoms with Gasteiger partial charge in [0.25, 0.3) is 0 Å². The van der Waals surface area contributed by atoms with Crippen LogP contribution in [-0.2, 0) is 16.6 Å². The zero-order valence-electron chi connectivity index (χ0n) is 13.8. The second-order valence-electron chi connectivity index (χ2n) is 5.53. The Morgan fingerprint density at radius 1 is 1.41 bits per heavy atom. The SMILES string of the molecule is CCOCCN1CCN(C(=O)C(NC)c2cnn(C)c2)CC1. The van der Waals surface area contributed by atoms with E-state index in [1.165, 1.54) is 0 Å². The maximum atomic E-state index is 12.7. The third kappa shape index (κ3) is 4.28. The van der Waals surface area contributed by atoms with Gasteiger partial charge in [0, 0.05) is 58.1 Å². The van der Waals surface area contributed by atoms with Gasteiger partial charge in [-0.15, -0.1) is 0 Å². The highest BCUT2D eigenvalue weighted by atomic mass is 16.5. The fourth-order valence-electron chi connectivity index (χ4n) is 2.73. The molecule has 0 spiro atoms. The highest BCUT2D eigenvalue weighted by Crippen LogP contribution is 2.16. The van der Waals surface area contributed by atoms with Gasteiger partial charge in [0.1, 0.15) is 6.04 Å². The van der Waals surface area contributed by atoms with E-state index in [1.54, 1.807) is 10.9 Å². The number of piperazine rings is 1. The van der Waals surface area contributed by atoms with E-state index in [0.717, 1.165) is 51.5 Å². The van der Waals surface area contributed by atoms with Crippen LogP contribution in [0.4, 0.5) is 0 Å². The number of aryl methyl sites for hydroxylation is 1. The quantitative estimate of drug-likeness (QED) is 0.711. The third-order valence-electron chi connectivity index (χ3n) is 4.03. The molecule has 1 saturated heterocycles. The number of carbonyl (C=O) groups is 1. The van der Waals surface area contributed by atoms with Gasteiger partial charge in [0.2, 0.25) is 5.91 Å². The number of rotatable bonds is 7. The van der Waals surface area contributed by atoms with Gasteiger partial charge >= 0.3 is 0 Å². The van der Waals surface area contributed by atoms with Gasteiger partial charge in [0.05, 0.1) is 12.8 Å². The van der Waals surface area contributed by atoms with Crippen LogP contribution in [0.2, 0.25) is 0 Å². The number of hydrogen-bond donors (Lipinski definition) is 1. The molecule has 0 bridgehead atoms. The van der Waals surface area contributed by atoms with Crippen LogP contribution in [0.1, 0.15) is 18.5 Å². The van der Waals surface area contributed by atoms with Crippen LogP contribution >= 0.6 is 0 Å². The number of aromatic nitrogens is 2. The first-order valence-electron chi connectivity index (χ1n) is 7.90. The van der Waals surface area contributed by atoms with E-state index >= 15 is 0 Å². The largest absolute Gasteiger partial charge is 0.380 e. The molecule has 1 unspecified atom stereocenters. The number of ether oxygens (including phenoxy) is 1. The second-order valence-corrected chi connectivity index (χ2v) is 5.53. The Morgan fingerprint density at radius 2 is 2.14 bits per heavy atom. The average Bonchev–Trinajstić information content (AvgIpc) is 2.95. The second kappa shape index (κ2) is 8.26. The van der Waals surface area contributed by atoms with Crippen LogP contribution in [0.5, 0.6) is 0 Å². The molecule has 0 aliphatic carbocycles. The van der Waals surface area contributed by atoms with E-state index in [2.05, 4.69) is 15.3 Å². The lowest BCUT2D eigenvalue weighted by Crippen LogP contribution is -2.51. The number of nitrogens with zero attached hydrogens (tertiary/aromatic N) is 4. The first-order chi connectivity index (χ1) is 10.7. The molecular formula is C15H27N5O2. The summed E-state index contributed by atoms with van der Waals surface area (Å²) in [4.78, 5) is 17.0. The van der Waals surface area contributed by atoms with Gasteiger partial charge in [-0.3, -0.25) is 14.4 Å². The van der Waals surface area contributed by atoms with E-state index in [0.29, 0.717) is 0 Å². The molecular weight excluding hydrogens is 282 g/mol. The topological polar surface area (TPSA) is 62.6 Å². The van der Waals surface area contributed by atoms with Crippen LogP contribution in [0.15, 0.2) is 12.4 Å². The van der Waals surface area contributed by atoms with Gasteiger partial charge in [-0.1, -0.05) is 0 Å². The highest BCUT2D eigenvalue weighted by molar-refractivity contribution is 5.83. The molecule has 0 aromatic carbocycles. The minimum atomic E-state index is -0.316. The van der Waals surface area contributed by atoms with Crippen molar-refractivity contribution in [1.29, 1.82) is 0 Å². The van der Waals surface area contributed by atoms with E-state index < -0.39 is 0 Å². The fourth-order valence-corrected chi connectivity index (χ4v) is 2.73. The molecule has 1 aromatic heterocycles. The van der Waals surface area contributed by atoms with Gasteiger partial charge in [-0.2, -0.15) is 5.10 Å². The standard InChI is InChI=1S/C15H27N5O2/c1-4-22-10-9-19-5-7-20(8-6-19)15(21)14(16-2)13-11-17-18(3)12-13/h11-12,14,16H,4-10H2,1-3H3. The molecule has 2 heterocycles. The fraction of sp³-hybridized carbons (Fsp3) is 0.733. The molecule has 22 heavy (non-hydrogen) atoms. The Labute approximate surface area is 132 Å². The number of hydrogen-bond acceptors (Lipinski definition) is 5. The first-order valence-corrected chi connectivity index (χ1v) is 7.90. The van der Waals surface area contributed by atoms with Crippen molar-refractivity contribution in [1.82, 2.24) is 24.9 Å². The molecule has 7 heteroatoms. The zero-order chi connectivity index (χ0) is 15.9. The van der Waals surface area contributed by atoms with Gasteiger partial charge in [-0.25, -0.2) is 0 Å². The summed E-state index contributed by atoms with van der Waals surface area (Å²) in [5.41, 5.74) is 0.911. The van der Waals surface area contributed by atoms with Crippen LogP contribution in [-0.4, -0.2) is 78.5 Å². The first kappa shape index (κ1) is 16.9. The van der Waals surface area contributed by atoms with E-state index in [1.807, 2.05) is 32.1 Å². The lowest BCUT2D eigenvalue weighted by atomic mass is 10.1. The van der Waals surface area contributed by atoms with Crippen molar-refractivity contribution in [3.8, 4) is 0 Å². The lowest BCUT2D eigenvalue weighted by molar-refractivity contribution is -0.135. The van der Waals surface area contributed by atoms with Crippen molar-refractivity contribution >= 4 is 5.91 Å². The number of carbonyl (C=O) groups excluding carboxylic acids is 1. The van der Waals surface area contributed by atoms with Crippen molar-refractivity contribution in [3.05, 3.63) is 18.0 Å². The predicted octanol–water partition coefficient (Wildman–Crippen LogP) is -0.139. The van der Waals surface area contributed by atoms with E-state index in [9.17, 15) is 4.79 Å². The van der Waals surface area contributed by atoms with Crippen molar-refractivity contribution in [2.45, 2.75) is 13.0 Å². The minimum Gasteiger partial charge on any atom is -0.380 e. The average molecular weight is 309 g/mol. The van der Waals surface area contributed by atoms with Crippen molar-refractivity contribution < 1.29 is 9.53 Å². The molecule has 1 fully saturated rings. The molecule has 0 saturated carbocycles. The smallest absolute Gasteiger partial charge is 0.244 e. The maximum absolute atomic E-state index is 12.7. The molecule has 1 N–H and O–H groups in total. The third-order valence-corrected chi connectivity index (χ3v) is 4.03. The maximum Gasteiger partial charge on any atom is 0.244 e. The Morgan fingerprint density at radius 3 is 2.68 bits per heavy atom. The zero-order valence-corrected chi connectivity index (χ0v) is 13.8. The van der Waals surface area contributed by atoms with Gasteiger partial charge in [0.15, 0.2) is 0 Å². The van der Waals surface area contributed by atoms with Crippen molar-refractivity contribution in [3.63, 3.8) is 0 Å².